The second kappa shape index (κ2) is 3.98. The van der Waals surface area contributed by atoms with Crippen LogP contribution < -0.4 is 0 Å². The summed E-state index contributed by atoms with van der Waals surface area (Å²) in [6.45, 7) is 3.83. The third-order valence-corrected chi connectivity index (χ3v) is 6.95. The van der Waals surface area contributed by atoms with Gasteiger partial charge in [-0.25, -0.2) is 0 Å². The lowest BCUT2D eigenvalue weighted by molar-refractivity contribution is -0.116. The molecule has 2 nitrogen and oxygen atoms in total. The fourth-order valence-corrected chi connectivity index (χ4v) is 5.71. The van der Waals surface area contributed by atoms with Gasteiger partial charge in [-0.3, -0.25) is 4.79 Å². The van der Waals surface area contributed by atoms with Gasteiger partial charge in [-0.15, -0.1) is 0 Å². The van der Waals surface area contributed by atoms with Gasteiger partial charge in [-0.1, -0.05) is 30.7 Å². The van der Waals surface area contributed by atoms with Gasteiger partial charge in [-0.2, -0.15) is 0 Å². The molecule has 4 rings (SSSR count). The van der Waals surface area contributed by atoms with Gasteiger partial charge in [0.15, 0.2) is 5.78 Å². The van der Waals surface area contributed by atoms with E-state index in [1.807, 2.05) is 0 Å². The maximum atomic E-state index is 11.8. The maximum Gasteiger partial charge on any atom is 0.155 e. The standard InChI is InChI=1S/C17H21ClO2/c1-8-14(18)7-13-11-5-10(9(2)19)6-12(16(11)20)15(8)17(13)3-4-17/h6-8,11-13,15-16,20H,3-5H2,1-2H3/t8-,11+,12-,13-,15-,16-/m0/s1. The normalized spacial score (nSPS) is 47.6. The Morgan fingerprint density at radius 1 is 1.40 bits per heavy atom. The number of aliphatic hydroxyl groups excluding tert-OH is 1. The number of rotatable bonds is 1. The number of halogens is 1. The molecule has 4 bridgehead atoms. The molecule has 0 aliphatic heterocycles. The Hall–Kier alpha value is -0.600. The summed E-state index contributed by atoms with van der Waals surface area (Å²) < 4.78 is 0. The van der Waals surface area contributed by atoms with Crippen LogP contribution in [0.15, 0.2) is 22.8 Å². The van der Waals surface area contributed by atoms with E-state index in [9.17, 15) is 9.90 Å². The Balaban J connectivity index is 1.86. The smallest absolute Gasteiger partial charge is 0.155 e. The molecule has 4 aliphatic rings. The van der Waals surface area contributed by atoms with Gasteiger partial charge in [0.1, 0.15) is 0 Å². The number of fused-ring (bicyclic) bond motifs is 4. The van der Waals surface area contributed by atoms with Crippen LogP contribution >= 0.6 is 11.6 Å². The van der Waals surface area contributed by atoms with Crippen molar-refractivity contribution in [3.05, 3.63) is 22.8 Å². The van der Waals surface area contributed by atoms with E-state index < -0.39 is 0 Å². The summed E-state index contributed by atoms with van der Waals surface area (Å²) >= 11 is 6.47. The molecule has 0 aromatic rings. The summed E-state index contributed by atoms with van der Waals surface area (Å²) in [4.78, 5) is 11.8. The summed E-state index contributed by atoms with van der Waals surface area (Å²) in [7, 11) is 0. The highest BCUT2D eigenvalue weighted by Crippen LogP contribution is 2.72. The van der Waals surface area contributed by atoms with Crippen molar-refractivity contribution in [1.29, 1.82) is 0 Å². The fourth-order valence-electron chi connectivity index (χ4n) is 5.43. The molecule has 0 heterocycles. The van der Waals surface area contributed by atoms with Gasteiger partial charge in [-0.05, 0) is 60.8 Å². The predicted octanol–water partition coefficient (Wildman–Crippen LogP) is 3.30. The van der Waals surface area contributed by atoms with Gasteiger partial charge in [0, 0.05) is 11.0 Å². The van der Waals surface area contributed by atoms with E-state index in [0.717, 1.165) is 17.0 Å². The number of carbonyl (C=O) groups excluding carboxylic acids is 1. The second-order valence-corrected chi connectivity index (χ2v) is 7.75. The van der Waals surface area contributed by atoms with Crippen LogP contribution in [0, 0.1) is 35.0 Å². The van der Waals surface area contributed by atoms with Gasteiger partial charge in [0.05, 0.1) is 6.10 Å². The number of hydrogen-bond donors (Lipinski definition) is 1. The molecule has 0 unspecified atom stereocenters. The Bertz CT molecular complexity index is 543. The van der Waals surface area contributed by atoms with Crippen LogP contribution in [-0.2, 0) is 4.79 Å². The molecule has 0 aromatic carbocycles. The lowest BCUT2D eigenvalue weighted by Crippen LogP contribution is -2.55. The molecule has 0 amide bonds. The molecule has 2 saturated carbocycles. The topological polar surface area (TPSA) is 37.3 Å². The van der Waals surface area contributed by atoms with E-state index in [1.54, 1.807) is 6.92 Å². The van der Waals surface area contributed by atoms with Crippen molar-refractivity contribution in [1.82, 2.24) is 0 Å². The van der Waals surface area contributed by atoms with Gasteiger partial charge in [0.25, 0.3) is 0 Å². The van der Waals surface area contributed by atoms with Crippen molar-refractivity contribution in [2.75, 3.05) is 0 Å². The zero-order valence-electron chi connectivity index (χ0n) is 12.0. The van der Waals surface area contributed by atoms with Gasteiger partial charge < -0.3 is 5.11 Å². The Morgan fingerprint density at radius 3 is 2.70 bits per heavy atom. The number of hydrogen-bond acceptors (Lipinski definition) is 2. The third-order valence-electron chi connectivity index (χ3n) is 6.48. The first-order valence-corrected chi connectivity index (χ1v) is 8.10. The first-order valence-electron chi connectivity index (χ1n) is 7.72. The van der Waals surface area contributed by atoms with E-state index in [1.165, 1.54) is 12.8 Å². The minimum atomic E-state index is -0.303. The van der Waals surface area contributed by atoms with E-state index in [2.05, 4.69) is 19.1 Å². The lowest BCUT2D eigenvalue weighted by Gasteiger charge is -2.56. The van der Waals surface area contributed by atoms with Crippen molar-refractivity contribution in [2.45, 2.75) is 39.2 Å². The number of Topliss-reactive ketones (excluding diaryl/α,β-unsaturated/α-hetero) is 1. The zero-order valence-corrected chi connectivity index (χ0v) is 12.7. The minimum Gasteiger partial charge on any atom is -0.392 e. The quantitative estimate of drug-likeness (QED) is 0.805. The SMILES string of the molecule is CC(=O)C1=C[C@@H]2[C@@H](O)[C@H](C1)[C@@H]1C=C(Cl)[C@H](C)[C@@H]2C12CC2. The van der Waals surface area contributed by atoms with Crippen LogP contribution in [0.25, 0.3) is 0 Å². The number of ketones is 1. The van der Waals surface area contributed by atoms with E-state index in [4.69, 9.17) is 11.6 Å². The van der Waals surface area contributed by atoms with Crippen LogP contribution in [0.3, 0.4) is 0 Å². The molecule has 0 aromatic heterocycles. The molecule has 1 spiro atoms. The molecule has 0 radical (unpaired) electrons. The van der Waals surface area contributed by atoms with Crippen LogP contribution in [-0.4, -0.2) is 17.0 Å². The van der Waals surface area contributed by atoms with Crippen LogP contribution in [0.5, 0.6) is 0 Å². The molecule has 4 aliphatic carbocycles. The van der Waals surface area contributed by atoms with Crippen molar-refractivity contribution in [3.8, 4) is 0 Å². The summed E-state index contributed by atoms with van der Waals surface area (Å²) in [6, 6.07) is 0. The van der Waals surface area contributed by atoms with Gasteiger partial charge in [0.2, 0.25) is 0 Å². The number of aliphatic hydroxyl groups is 1. The highest BCUT2D eigenvalue weighted by atomic mass is 35.5. The average molecular weight is 293 g/mol. The highest BCUT2D eigenvalue weighted by molar-refractivity contribution is 6.30. The van der Waals surface area contributed by atoms with Crippen molar-refractivity contribution in [2.24, 2.45) is 35.0 Å². The van der Waals surface area contributed by atoms with Crippen molar-refractivity contribution >= 4 is 17.4 Å². The molecule has 3 heteroatoms. The molecular formula is C17H21ClO2. The molecule has 108 valence electrons. The molecule has 20 heavy (non-hydrogen) atoms. The summed E-state index contributed by atoms with van der Waals surface area (Å²) in [5.41, 5.74) is 1.29. The van der Waals surface area contributed by atoms with Crippen molar-refractivity contribution in [3.63, 3.8) is 0 Å². The predicted molar refractivity (Wildman–Crippen MR) is 78.1 cm³/mol. The molecule has 1 N–H and O–H groups in total. The van der Waals surface area contributed by atoms with E-state index >= 15 is 0 Å². The maximum absolute atomic E-state index is 11.8. The molecular weight excluding hydrogens is 272 g/mol. The number of allylic oxidation sites excluding steroid dienone is 3. The Morgan fingerprint density at radius 2 is 2.10 bits per heavy atom. The van der Waals surface area contributed by atoms with Crippen LogP contribution in [0.2, 0.25) is 0 Å². The van der Waals surface area contributed by atoms with E-state index in [-0.39, 0.29) is 23.7 Å². The molecule has 0 saturated heterocycles. The highest BCUT2D eigenvalue weighted by Gasteiger charge is 2.67. The molecule has 6 atom stereocenters. The minimum absolute atomic E-state index is 0.115. The molecule has 2 fully saturated rings. The fraction of sp³-hybridized carbons (Fsp3) is 0.706. The Kier molecular flexibility index (Phi) is 2.61. The zero-order chi connectivity index (χ0) is 14.2. The first kappa shape index (κ1) is 13.1. The monoisotopic (exact) mass is 292 g/mol. The second-order valence-electron chi connectivity index (χ2n) is 7.31. The largest absolute Gasteiger partial charge is 0.392 e. The van der Waals surface area contributed by atoms with Crippen LogP contribution in [0.4, 0.5) is 0 Å². The lowest BCUT2D eigenvalue weighted by atomic mass is 9.49. The first-order chi connectivity index (χ1) is 9.45. The Labute approximate surface area is 124 Å². The summed E-state index contributed by atoms with van der Waals surface area (Å²) in [5, 5.41) is 11.7. The third kappa shape index (κ3) is 1.47. The van der Waals surface area contributed by atoms with Crippen LogP contribution in [0.1, 0.15) is 33.1 Å². The van der Waals surface area contributed by atoms with Crippen molar-refractivity contribution < 1.29 is 9.90 Å². The summed E-state index contributed by atoms with van der Waals surface area (Å²) in [6.07, 6.45) is 7.23. The van der Waals surface area contributed by atoms with Gasteiger partial charge >= 0.3 is 0 Å². The average Bonchev–Trinajstić information content (AvgIpc) is 3.16. The van der Waals surface area contributed by atoms with E-state index in [0.29, 0.717) is 23.2 Å². The summed E-state index contributed by atoms with van der Waals surface area (Å²) in [5.74, 6) is 1.54. The number of carbonyl (C=O) groups is 1.